The first kappa shape index (κ1) is 16.7. The average Bonchev–Trinajstić information content (AvgIpc) is 2.59. The Kier molecular flexibility index (Phi) is 5.92. The van der Waals surface area contributed by atoms with Gasteiger partial charge in [-0.15, -0.1) is 0 Å². The van der Waals surface area contributed by atoms with E-state index in [-0.39, 0.29) is 0 Å². The van der Waals surface area contributed by atoms with Gasteiger partial charge in [-0.05, 0) is 49.4 Å². The molecule has 1 aromatic rings. The Morgan fingerprint density at radius 3 is 2.87 bits per heavy atom. The van der Waals surface area contributed by atoms with Gasteiger partial charge in [0.1, 0.15) is 5.75 Å². The third-order valence-corrected chi connectivity index (χ3v) is 5.37. The molecule has 0 amide bonds. The fourth-order valence-electron chi connectivity index (χ4n) is 4.05. The number of benzene rings is 1. The summed E-state index contributed by atoms with van der Waals surface area (Å²) in [5.41, 5.74) is 2.53. The van der Waals surface area contributed by atoms with Crippen molar-refractivity contribution in [3.8, 4) is 5.75 Å². The number of phenols is 1. The summed E-state index contributed by atoms with van der Waals surface area (Å²) in [5.74, 6) is 0.490. The van der Waals surface area contributed by atoms with Crippen molar-refractivity contribution in [2.75, 3.05) is 45.8 Å². The lowest BCUT2D eigenvalue weighted by Crippen LogP contribution is -2.48. The molecule has 3 rings (SSSR count). The van der Waals surface area contributed by atoms with E-state index in [1.807, 2.05) is 12.1 Å². The third-order valence-electron chi connectivity index (χ3n) is 5.37. The summed E-state index contributed by atoms with van der Waals surface area (Å²) >= 11 is 0. The first-order valence-electron chi connectivity index (χ1n) is 9.24. The van der Waals surface area contributed by atoms with Gasteiger partial charge in [-0.25, -0.2) is 0 Å². The minimum Gasteiger partial charge on any atom is -0.508 e. The second-order valence-corrected chi connectivity index (χ2v) is 6.94. The number of rotatable bonds is 6. The van der Waals surface area contributed by atoms with Gasteiger partial charge in [-0.2, -0.15) is 0 Å². The number of hydrogen-bond acceptors (Lipinski definition) is 4. The lowest BCUT2D eigenvalue weighted by molar-refractivity contribution is 0.142. The van der Waals surface area contributed by atoms with E-state index in [0.29, 0.717) is 11.8 Å². The van der Waals surface area contributed by atoms with Crippen molar-refractivity contribution < 1.29 is 5.11 Å². The number of fused-ring (bicyclic) bond motifs is 1. The van der Waals surface area contributed by atoms with Gasteiger partial charge in [0.25, 0.3) is 0 Å². The second-order valence-electron chi connectivity index (χ2n) is 6.94. The van der Waals surface area contributed by atoms with Crippen LogP contribution in [0.4, 0.5) is 0 Å². The SMILES string of the molecule is CCCN(CCN1CCNCC1)[C@@H]1CCc2c(O)cccc2C1. The summed E-state index contributed by atoms with van der Waals surface area (Å²) in [7, 11) is 0. The van der Waals surface area contributed by atoms with Gasteiger partial charge in [-0.3, -0.25) is 9.80 Å². The lowest BCUT2D eigenvalue weighted by atomic mass is 9.87. The fraction of sp³-hybridized carbons (Fsp3) is 0.684. The number of nitrogens with zero attached hydrogens (tertiary/aromatic N) is 2. The van der Waals surface area contributed by atoms with E-state index in [0.717, 1.165) is 25.9 Å². The molecule has 0 radical (unpaired) electrons. The van der Waals surface area contributed by atoms with Gasteiger partial charge in [-0.1, -0.05) is 19.1 Å². The quantitative estimate of drug-likeness (QED) is 0.840. The Balaban J connectivity index is 1.60. The summed E-state index contributed by atoms with van der Waals surface area (Å²) in [6.45, 7) is 10.4. The zero-order valence-electron chi connectivity index (χ0n) is 14.4. The van der Waals surface area contributed by atoms with Gasteiger partial charge in [0.2, 0.25) is 0 Å². The van der Waals surface area contributed by atoms with Crippen LogP contribution in [0.1, 0.15) is 30.9 Å². The van der Waals surface area contributed by atoms with Crippen LogP contribution in [0.3, 0.4) is 0 Å². The Morgan fingerprint density at radius 2 is 2.09 bits per heavy atom. The zero-order valence-corrected chi connectivity index (χ0v) is 14.4. The lowest BCUT2D eigenvalue weighted by Gasteiger charge is -2.37. The van der Waals surface area contributed by atoms with Crippen LogP contribution in [-0.4, -0.2) is 66.8 Å². The number of phenolic OH excluding ortho intramolecular Hbond substituents is 1. The predicted octanol–water partition coefficient (Wildman–Crippen LogP) is 1.87. The molecule has 2 aliphatic rings. The van der Waals surface area contributed by atoms with Crippen LogP contribution in [0.2, 0.25) is 0 Å². The summed E-state index contributed by atoms with van der Waals surface area (Å²) in [5, 5.41) is 13.5. The summed E-state index contributed by atoms with van der Waals surface area (Å²) < 4.78 is 0. The summed E-state index contributed by atoms with van der Waals surface area (Å²) in [6.07, 6.45) is 4.49. The molecule has 4 heteroatoms. The molecule has 0 bridgehead atoms. The van der Waals surface area contributed by atoms with E-state index in [9.17, 15) is 5.11 Å². The molecule has 4 nitrogen and oxygen atoms in total. The highest BCUT2D eigenvalue weighted by Gasteiger charge is 2.25. The molecule has 1 saturated heterocycles. The number of piperazine rings is 1. The zero-order chi connectivity index (χ0) is 16.1. The molecule has 0 unspecified atom stereocenters. The summed E-state index contributed by atoms with van der Waals surface area (Å²) in [6, 6.07) is 6.64. The average molecular weight is 317 g/mol. The molecule has 1 heterocycles. The summed E-state index contributed by atoms with van der Waals surface area (Å²) in [4.78, 5) is 5.27. The highest BCUT2D eigenvalue weighted by atomic mass is 16.3. The van der Waals surface area contributed by atoms with E-state index >= 15 is 0 Å². The molecule has 128 valence electrons. The Morgan fingerprint density at radius 1 is 1.26 bits per heavy atom. The van der Waals surface area contributed by atoms with Crippen LogP contribution in [0.15, 0.2) is 18.2 Å². The molecular formula is C19H31N3O. The molecule has 1 atom stereocenters. The molecular weight excluding hydrogens is 286 g/mol. The molecule has 2 N–H and O–H groups in total. The van der Waals surface area contributed by atoms with Crippen LogP contribution < -0.4 is 5.32 Å². The Hall–Kier alpha value is -1.10. The Labute approximate surface area is 140 Å². The molecule has 23 heavy (non-hydrogen) atoms. The standard InChI is InChI=1S/C19H31N3O/c1-2-10-22(14-13-21-11-8-20-9-12-21)17-6-7-18-16(15-17)4-3-5-19(18)23/h3-5,17,20,23H,2,6-15H2,1H3/t17-/m1/s1. The number of hydrogen-bond donors (Lipinski definition) is 2. The maximum absolute atomic E-state index is 10.0. The first-order chi connectivity index (χ1) is 11.3. The molecule has 1 aromatic carbocycles. The van der Waals surface area contributed by atoms with Gasteiger partial charge in [0, 0.05) is 45.3 Å². The molecule has 1 aliphatic heterocycles. The maximum atomic E-state index is 10.0. The third kappa shape index (κ3) is 4.25. The van der Waals surface area contributed by atoms with Crippen molar-refractivity contribution in [2.24, 2.45) is 0 Å². The monoisotopic (exact) mass is 317 g/mol. The predicted molar refractivity (Wildman–Crippen MR) is 95.1 cm³/mol. The maximum Gasteiger partial charge on any atom is 0.119 e. The minimum absolute atomic E-state index is 0.490. The van der Waals surface area contributed by atoms with Crippen molar-refractivity contribution in [3.05, 3.63) is 29.3 Å². The highest BCUT2D eigenvalue weighted by molar-refractivity contribution is 5.41. The van der Waals surface area contributed by atoms with Crippen LogP contribution >= 0.6 is 0 Å². The highest BCUT2D eigenvalue weighted by Crippen LogP contribution is 2.30. The molecule has 1 aliphatic carbocycles. The van der Waals surface area contributed by atoms with Crippen molar-refractivity contribution in [1.82, 2.24) is 15.1 Å². The van der Waals surface area contributed by atoms with E-state index in [1.165, 1.54) is 56.7 Å². The number of nitrogens with one attached hydrogen (secondary N) is 1. The van der Waals surface area contributed by atoms with Crippen molar-refractivity contribution >= 4 is 0 Å². The number of aromatic hydroxyl groups is 1. The molecule has 1 fully saturated rings. The minimum atomic E-state index is 0.490. The topological polar surface area (TPSA) is 38.7 Å². The van der Waals surface area contributed by atoms with Crippen LogP contribution in [0, 0.1) is 0 Å². The van der Waals surface area contributed by atoms with E-state index < -0.39 is 0 Å². The molecule has 0 saturated carbocycles. The first-order valence-corrected chi connectivity index (χ1v) is 9.24. The largest absolute Gasteiger partial charge is 0.508 e. The van der Waals surface area contributed by atoms with Crippen LogP contribution in [0.5, 0.6) is 5.75 Å². The molecule has 0 spiro atoms. The van der Waals surface area contributed by atoms with Crippen LogP contribution in [0.25, 0.3) is 0 Å². The van der Waals surface area contributed by atoms with E-state index in [2.05, 4.69) is 28.1 Å². The van der Waals surface area contributed by atoms with Crippen molar-refractivity contribution in [1.29, 1.82) is 0 Å². The normalized spacial score (nSPS) is 22.3. The van der Waals surface area contributed by atoms with E-state index in [4.69, 9.17) is 0 Å². The van der Waals surface area contributed by atoms with Gasteiger partial charge in [0.05, 0.1) is 0 Å². The Bertz CT molecular complexity index is 499. The fourth-order valence-corrected chi connectivity index (χ4v) is 4.05. The second kappa shape index (κ2) is 8.13. The van der Waals surface area contributed by atoms with Gasteiger partial charge < -0.3 is 10.4 Å². The van der Waals surface area contributed by atoms with Gasteiger partial charge in [0.15, 0.2) is 0 Å². The van der Waals surface area contributed by atoms with Crippen molar-refractivity contribution in [2.45, 2.75) is 38.6 Å². The van der Waals surface area contributed by atoms with E-state index in [1.54, 1.807) is 0 Å². The van der Waals surface area contributed by atoms with Crippen molar-refractivity contribution in [3.63, 3.8) is 0 Å². The molecule has 0 aromatic heterocycles. The van der Waals surface area contributed by atoms with Gasteiger partial charge >= 0.3 is 0 Å². The smallest absolute Gasteiger partial charge is 0.119 e. The van der Waals surface area contributed by atoms with Crippen LogP contribution in [-0.2, 0) is 12.8 Å².